The van der Waals surface area contributed by atoms with Crippen LogP contribution in [0.4, 0.5) is 0 Å². The lowest BCUT2D eigenvalue weighted by molar-refractivity contribution is 0.669. The summed E-state index contributed by atoms with van der Waals surface area (Å²) in [6.45, 7) is 10.7. The maximum absolute atomic E-state index is 6.05. The number of aromatic nitrogens is 1. The van der Waals surface area contributed by atoms with Gasteiger partial charge in [-0.15, -0.1) is 0 Å². The molecule has 0 radical (unpaired) electrons. The molecule has 48 heavy (non-hydrogen) atoms. The quantitative estimate of drug-likeness (QED) is 0.142. The highest BCUT2D eigenvalue weighted by atomic mass is 16.3. The summed E-state index contributed by atoms with van der Waals surface area (Å²) in [6, 6.07) is 50.2. The summed E-state index contributed by atoms with van der Waals surface area (Å²) in [5.41, 5.74) is 7.83. The maximum atomic E-state index is 6.05. The van der Waals surface area contributed by atoms with Gasteiger partial charge >= 0.3 is 0 Å². The minimum Gasteiger partial charge on any atom is -0.456 e. The maximum Gasteiger partial charge on any atom is 0.135 e. The molecule has 0 fully saturated rings. The molecule has 0 atom stereocenters. The van der Waals surface area contributed by atoms with E-state index in [1.807, 2.05) is 38.1 Å². The molecule has 0 bridgehead atoms. The van der Waals surface area contributed by atoms with Crippen molar-refractivity contribution in [2.45, 2.75) is 13.8 Å². The molecule has 0 spiro atoms. The fourth-order valence-corrected chi connectivity index (χ4v) is 6.53. The van der Waals surface area contributed by atoms with Gasteiger partial charge in [-0.05, 0) is 89.0 Å². The number of fused-ring (bicyclic) bond motifs is 10. The van der Waals surface area contributed by atoms with Gasteiger partial charge in [0.1, 0.15) is 11.2 Å². The van der Waals surface area contributed by atoms with Crippen LogP contribution < -0.4 is 0 Å². The van der Waals surface area contributed by atoms with E-state index in [4.69, 9.17) is 4.42 Å². The van der Waals surface area contributed by atoms with Crippen LogP contribution in [-0.4, -0.2) is 4.57 Å². The lowest BCUT2D eigenvalue weighted by Crippen LogP contribution is -1.93. The molecule has 0 aliphatic rings. The summed E-state index contributed by atoms with van der Waals surface area (Å²) in [6.07, 6.45) is 7.28. The van der Waals surface area contributed by atoms with Crippen molar-refractivity contribution in [3.8, 4) is 16.8 Å². The molecule has 9 rings (SSSR count). The summed E-state index contributed by atoms with van der Waals surface area (Å²) < 4.78 is 8.47. The second-order valence-corrected chi connectivity index (χ2v) is 11.7. The van der Waals surface area contributed by atoms with Crippen molar-refractivity contribution in [3.05, 3.63) is 177 Å². The molecule has 9 aromatic rings. The minimum atomic E-state index is 0.923. The highest BCUT2D eigenvalue weighted by Crippen LogP contribution is 2.41. The Balaban J connectivity index is 0.000000414. The molecule has 7 aromatic carbocycles. The van der Waals surface area contributed by atoms with Crippen molar-refractivity contribution < 1.29 is 4.42 Å². The third-order valence-electron chi connectivity index (χ3n) is 8.88. The van der Waals surface area contributed by atoms with Gasteiger partial charge in [0.05, 0.1) is 11.0 Å². The summed E-state index contributed by atoms with van der Waals surface area (Å²) in [7, 11) is 0. The van der Waals surface area contributed by atoms with Crippen LogP contribution in [-0.2, 0) is 0 Å². The summed E-state index contributed by atoms with van der Waals surface area (Å²) in [4.78, 5) is 0. The van der Waals surface area contributed by atoms with Gasteiger partial charge in [-0.3, -0.25) is 0 Å². The Hall–Kier alpha value is -6.12. The van der Waals surface area contributed by atoms with Gasteiger partial charge < -0.3 is 8.98 Å². The summed E-state index contributed by atoms with van der Waals surface area (Å²) in [5.74, 6) is 0. The third kappa shape index (κ3) is 5.38. The van der Waals surface area contributed by atoms with E-state index in [0.717, 1.165) is 27.6 Å². The Bertz CT molecular complexity index is 2510. The highest BCUT2D eigenvalue weighted by molar-refractivity contribution is 6.28. The van der Waals surface area contributed by atoms with Crippen LogP contribution >= 0.6 is 0 Å². The highest BCUT2D eigenvalue weighted by Gasteiger charge is 2.17. The van der Waals surface area contributed by atoms with E-state index in [1.54, 1.807) is 12.2 Å². The first-order valence-corrected chi connectivity index (χ1v) is 16.3. The number of benzene rings is 7. The number of para-hydroxylation sites is 1. The average molecular weight is 620 g/mol. The SMILES string of the molecule is C/C=C\C.C=CC=C.c1ccc2c(c1)ccc1c2c2c3ccccc3ccc2n1-c1ccc(-c2ccc3oc4ccccc4c3c2)cc1. The van der Waals surface area contributed by atoms with Gasteiger partial charge in [0.25, 0.3) is 0 Å². The van der Waals surface area contributed by atoms with E-state index in [0.29, 0.717) is 0 Å². The second kappa shape index (κ2) is 13.3. The van der Waals surface area contributed by atoms with Crippen LogP contribution in [0.15, 0.2) is 181 Å². The summed E-state index contributed by atoms with van der Waals surface area (Å²) in [5, 5.41) is 10.0. The van der Waals surface area contributed by atoms with E-state index < -0.39 is 0 Å². The topological polar surface area (TPSA) is 18.1 Å². The lowest BCUT2D eigenvalue weighted by atomic mass is 10.00. The molecule has 0 amide bonds. The zero-order valence-corrected chi connectivity index (χ0v) is 27.4. The van der Waals surface area contributed by atoms with Gasteiger partial charge in [0, 0.05) is 27.2 Å². The summed E-state index contributed by atoms with van der Waals surface area (Å²) >= 11 is 0. The Labute approximate surface area is 281 Å². The fourth-order valence-electron chi connectivity index (χ4n) is 6.53. The van der Waals surface area contributed by atoms with Crippen molar-refractivity contribution in [1.82, 2.24) is 4.57 Å². The molecule has 0 unspecified atom stereocenters. The second-order valence-electron chi connectivity index (χ2n) is 11.7. The van der Waals surface area contributed by atoms with Crippen molar-refractivity contribution in [2.75, 3.05) is 0 Å². The van der Waals surface area contributed by atoms with Crippen molar-refractivity contribution in [2.24, 2.45) is 0 Å². The zero-order valence-electron chi connectivity index (χ0n) is 27.4. The first-order chi connectivity index (χ1) is 23.7. The van der Waals surface area contributed by atoms with Gasteiger partial charge in [0.2, 0.25) is 0 Å². The number of rotatable bonds is 3. The minimum absolute atomic E-state index is 0.923. The van der Waals surface area contributed by atoms with E-state index in [2.05, 4.69) is 145 Å². The molecular weight excluding hydrogens is 583 g/mol. The Morgan fingerprint density at radius 3 is 1.54 bits per heavy atom. The van der Waals surface area contributed by atoms with E-state index >= 15 is 0 Å². The van der Waals surface area contributed by atoms with Gasteiger partial charge in [0.15, 0.2) is 0 Å². The van der Waals surface area contributed by atoms with Gasteiger partial charge in [-0.1, -0.05) is 135 Å². The molecule has 0 aliphatic heterocycles. The lowest BCUT2D eigenvalue weighted by Gasteiger charge is -2.10. The van der Waals surface area contributed by atoms with Crippen LogP contribution in [0.5, 0.6) is 0 Å². The van der Waals surface area contributed by atoms with Crippen LogP contribution in [0.1, 0.15) is 13.8 Å². The average Bonchev–Trinajstić information content (AvgIpc) is 3.71. The van der Waals surface area contributed by atoms with E-state index in [9.17, 15) is 0 Å². The molecule has 0 saturated heterocycles. The largest absolute Gasteiger partial charge is 0.456 e. The predicted molar refractivity (Wildman–Crippen MR) is 209 cm³/mol. The monoisotopic (exact) mass is 619 g/mol. The van der Waals surface area contributed by atoms with E-state index in [-0.39, 0.29) is 0 Å². The van der Waals surface area contributed by atoms with Crippen LogP contribution in [0, 0.1) is 0 Å². The number of hydrogen-bond acceptors (Lipinski definition) is 1. The number of nitrogens with zero attached hydrogens (tertiary/aromatic N) is 1. The normalized spacial score (nSPS) is 11.2. The van der Waals surface area contributed by atoms with Crippen molar-refractivity contribution in [1.29, 1.82) is 0 Å². The molecule has 2 heteroatoms. The first-order valence-electron chi connectivity index (χ1n) is 16.3. The number of allylic oxidation sites excluding steroid dienone is 4. The molecule has 0 aliphatic carbocycles. The molecule has 2 heterocycles. The Morgan fingerprint density at radius 2 is 0.979 bits per heavy atom. The number of furan rings is 1. The fraction of sp³-hybridized carbons (Fsp3) is 0.0435. The molecule has 232 valence electrons. The molecular formula is C46H37NO. The predicted octanol–water partition coefficient (Wildman–Crippen LogP) is 13.6. The van der Waals surface area contributed by atoms with Crippen molar-refractivity contribution >= 4 is 65.3 Å². The standard InChI is InChI=1S/C38H23NO.C4H8.C4H6/c1-3-9-29-25(7-1)15-20-33-37(29)38-30-10-4-2-8-26(30)16-21-34(38)39(33)28-18-13-24(14-19-28)27-17-22-36-32(23-27)31-11-5-6-12-35(31)40-36;2*1-3-4-2/h1-23H;3-4H,1-2H3;3-4H,1-2H2/b;4-3-;. The molecule has 2 aromatic heterocycles. The number of hydrogen-bond donors (Lipinski definition) is 0. The molecule has 0 N–H and O–H groups in total. The Morgan fingerprint density at radius 1 is 0.479 bits per heavy atom. The molecule has 2 nitrogen and oxygen atoms in total. The molecule has 0 saturated carbocycles. The third-order valence-corrected chi connectivity index (χ3v) is 8.88. The zero-order chi connectivity index (χ0) is 33.0. The van der Waals surface area contributed by atoms with Crippen molar-refractivity contribution in [3.63, 3.8) is 0 Å². The van der Waals surface area contributed by atoms with Crippen LogP contribution in [0.2, 0.25) is 0 Å². The first kappa shape index (κ1) is 30.5. The van der Waals surface area contributed by atoms with Gasteiger partial charge in [-0.2, -0.15) is 0 Å². The van der Waals surface area contributed by atoms with Crippen LogP contribution in [0.25, 0.3) is 82.1 Å². The van der Waals surface area contributed by atoms with E-state index in [1.165, 1.54) is 54.5 Å². The smallest absolute Gasteiger partial charge is 0.135 e. The van der Waals surface area contributed by atoms with Gasteiger partial charge in [-0.25, -0.2) is 0 Å². The Kier molecular flexibility index (Phi) is 8.47. The van der Waals surface area contributed by atoms with Crippen LogP contribution in [0.3, 0.4) is 0 Å².